The van der Waals surface area contributed by atoms with Gasteiger partial charge in [-0.15, -0.1) is 11.3 Å². The first-order chi connectivity index (χ1) is 9.61. The molecule has 1 heterocycles. The van der Waals surface area contributed by atoms with Crippen LogP contribution >= 0.6 is 11.3 Å². The number of carbonyl (C=O) groups is 1. The SMILES string of the molecule is COc1ccccc1CNC(=O)c1csc(C(C)C)n1. The fourth-order valence-electron chi connectivity index (χ4n) is 1.77. The van der Waals surface area contributed by atoms with Crippen molar-refractivity contribution in [2.75, 3.05) is 7.11 Å². The van der Waals surface area contributed by atoms with Gasteiger partial charge < -0.3 is 10.1 Å². The van der Waals surface area contributed by atoms with Crippen LogP contribution in [0.15, 0.2) is 29.6 Å². The minimum absolute atomic E-state index is 0.154. The zero-order valence-electron chi connectivity index (χ0n) is 11.8. The lowest BCUT2D eigenvalue weighted by atomic mass is 10.2. The molecule has 5 heteroatoms. The molecule has 0 saturated heterocycles. The van der Waals surface area contributed by atoms with Crippen LogP contribution in [-0.2, 0) is 6.54 Å². The van der Waals surface area contributed by atoms with Gasteiger partial charge in [-0.2, -0.15) is 0 Å². The molecule has 0 aliphatic carbocycles. The van der Waals surface area contributed by atoms with E-state index in [1.807, 2.05) is 24.3 Å². The predicted molar refractivity (Wildman–Crippen MR) is 80.4 cm³/mol. The largest absolute Gasteiger partial charge is 0.496 e. The lowest BCUT2D eigenvalue weighted by Crippen LogP contribution is -2.23. The van der Waals surface area contributed by atoms with E-state index in [0.29, 0.717) is 18.2 Å². The molecule has 0 spiro atoms. The quantitative estimate of drug-likeness (QED) is 0.920. The molecule has 1 amide bonds. The predicted octanol–water partition coefficient (Wildman–Crippen LogP) is 3.21. The summed E-state index contributed by atoms with van der Waals surface area (Å²) >= 11 is 1.52. The number of para-hydroxylation sites is 1. The normalized spacial score (nSPS) is 10.6. The van der Waals surface area contributed by atoms with Gasteiger partial charge in [0, 0.05) is 23.4 Å². The van der Waals surface area contributed by atoms with E-state index < -0.39 is 0 Å². The van der Waals surface area contributed by atoms with Crippen molar-refractivity contribution in [2.45, 2.75) is 26.3 Å². The van der Waals surface area contributed by atoms with Crippen LogP contribution in [0.3, 0.4) is 0 Å². The van der Waals surface area contributed by atoms with Crippen LogP contribution in [0.5, 0.6) is 5.75 Å². The highest BCUT2D eigenvalue weighted by Gasteiger charge is 2.12. The van der Waals surface area contributed by atoms with Gasteiger partial charge in [-0.25, -0.2) is 4.98 Å². The van der Waals surface area contributed by atoms with Crippen molar-refractivity contribution < 1.29 is 9.53 Å². The second-order valence-electron chi connectivity index (χ2n) is 4.72. The van der Waals surface area contributed by atoms with Gasteiger partial charge in [-0.3, -0.25) is 4.79 Å². The standard InChI is InChI=1S/C15H18N2O2S/c1-10(2)15-17-12(9-20-15)14(18)16-8-11-6-4-5-7-13(11)19-3/h4-7,9-10H,8H2,1-3H3,(H,16,18). The Morgan fingerprint density at radius 1 is 1.40 bits per heavy atom. The Kier molecular flexibility index (Phi) is 4.74. The molecule has 0 saturated carbocycles. The average Bonchev–Trinajstić information content (AvgIpc) is 2.95. The third-order valence-electron chi connectivity index (χ3n) is 2.88. The summed E-state index contributed by atoms with van der Waals surface area (Å²) in [6.07, 6.45) is 0. The average molecular weight is 290 g/mol. The van der Waals surface area contributed by atoms with Gasteiger partial charge in [-0.1, -0.05) is 32.0 Å². The lowest BCUT2D eigenvalue weighted by Gasteiger charge is -2.08. The molecule has 0 aliphatic rings. The zero-order chi connectivity index (χ0) is 14.5. The number of nitrogens with zero attached hydrogens (tertiary/aromatic N) is 1. The Hall–Kier alpha value is -1.88. The molecule has 106 valence electrons. The van der Waals surface area contributed by atoms with Crippen molar-refractivity contribution in [1.82, 2.24) is 10.3 Å². The maximum absolute atomic E-state index is 12.0. The highest BCUT2D eigenvalue weighted by Crippen LogP contribution is 2.20. The fourth-order valence-corrected chi connectivity index (χ4v) is 2.59. The van der Waals surface area contributed by atoms with E-state index in [1.54, 1.807) is 12.5 Å². The van der Waals surface area contributed by atoms with Crippen molar-refractivity contribution in [1.29, 1.82) is 0 Å². The summed E-state index contributed by atoms with van der Waals surface area (Å²) in [5.74, 6) is 0.962. The van der Waals surface area contributed by atoms with Gasteiger partial charge >= 0.3 is 0 Å². The number of aromatic nitrogens is 1. The number of amides is 1. The van der Waals surface area contributed by atoms with Crippen LogP contribution in [0, 0.1) is 0 Å². The van der Waals surface area contributed by atoms with E-state index in [4.69, 9.17) is 4.74 Å². The number of ether oxygens (including phenoxy) is 1. The third kappa shape index (κ3) is 3.36. The second-order valence-corrected chi connectivity index (χ2v) is 5.61. The van der Waals surface area contributed by atoms with E-state index in [9.17, 15) is 4.79 Å². The molecule has 0 aliphatic heterocycles. The molecule has 0 atom stereocenters. The summed E-state index contributed by atoms with van der Waals surface area (Å²) in [5, 5.41) is 5.65. The zero-order valence-corrected chi connectivity index (χ0v) is 12.7. The molecular formula is C15H18N2O2S. The van der Waals surface area contributed by atoms with Crippen LogP contribution in [-0.4, -0.2) is 18.0 Å². The molecule has 2 aromatic rings. The summed E-state index contributed by atoms with van der Waals surface area (Å²) in [4.78, 5) is 16.4. The second kappa shape index (κ2) is 6.52. The Bertz CT molecular complexity index is 593. The number of hydrogen-bond donors (Lipinski definition) is 1. The van der Waals surface area contributed by atoms with Crippen LogP contribution in [0.4, 0.5) is 0 Å². The number of rotatable bonds is 5. The Morgan fingerprint density at radius 2 is 2.15 bits per heavy atom. The molecule has 4 nitrogen and oxygen atoms in total. The summed E-state index contributed by atoms with van der Waals surface area (Å²) in [6.45, 7) is 4.56. The summed E-state index contributed by atoms with van der Waals surface area (Å²) in [5.41, 5.74) is 1.43. The molecule has 20 heavy (non-hydrogen) atoms. The smallest absolute Gasteiger partial charge is 0.271 e. The number of methoxy groups -OCH3 is 1. The molecule has 1 aromatic carbocycles. The molecule has 0 radical (unpaired) electrons. The van der Waals surface area contributed by atoms with E-state index in [2.05, 4.69) is 24.1 Å². The monoisotopic (exact) mass is 290 g/mol. The maximum atomic E-state index is 12.0. The molecule has 1 N–H and O–H groups in total. The number of thiazole rings is 1. The Morgan fingerprint density at radius 3 is 2.80 bits per heavy atom. The molecule has 0 bridgehead atoms. The maximum Gasteiger partial charge on any atom is 0.271 e. The number of carbonyl (C=O) groups excluding carboxylic acids is 1. The minimum Gasteiger partial charge on any atom is -0.496 e. The first-order valence-corrected chi connectivity index (χ1v) is 7.35. The van der Waals surface area contributed by atoms with Crippen molar-refractivity contribution in [3.8, 4) is 5.75 Å². The van der Waals surface area contributed by atoms with Gasteiger partial charge in [0.1, 0.15) is 11.4 Å². The lowest BCUT2D eigenvalue weighted by molar-refractivity contribution is 0.0946. The first kappa shape index (κ1) is 14.5. The molecule has 1 aromatic heterocycles. The van der Waals surface area contributed by atoms with Crippen molar-refractivity contribution in [3.63, 3.8) is 0 Å². The third-order valence-corrected chi connectivity index (χ3v) is 4.03. The highest BCUT2D eigenvalue weighted by atomic mass is 32.1. The van der Waals surface area contributed by atoms with Crippen molar-refractivity contribution >= 4 is 17.2 Å². The van der Waals surface area contributed by atoms with Crippen LogP contribution in [0.1, 0.15) is 40.8 Å². The first-order valence-electron chi connectivity index (χ1n) is 6.47. The number of hydrogen-bond acceptors (Lipinski definition) is 4. The van der Waals surface area contributed by atoms with Gasteiger partial charge in [0.05, 0.1) is 12.1 Å². The number of nitrogens with one attached hydrogen (secondary N) is 1. The summed E-state index contributed by atoms with van der Waals surface area (Å²) in [6, 6.07) is 7.63. The Balaban J connectivity index is 2.01. The van der Waals surface area contributed by atoms with Crippen molar-refractivity contribution in [3.05, 3.63) is 45.9 Å². The molecule has 2 rings (SSSR count). The summed E-state index contributed by atoms with van der Waals surface area (Å²) in [7, 11) is 1.62. The van der Waals surface area contributed by atoms with Gasteiger partial charge in [0.15, 0.2) is 0 Å². The van der Waals surface area contributed by atoms with Crippen LogP contribution < -0.4 is 10.1 Å². The topological polar surface area (TPSA) is 51.2 Å². The number of benzene rings is 1. The molecule has 0 fully saturated rings. The Labute approximate surface area is 122 Å². The van der Waals surface area contributed by atoms with Gasteiger partial charge in [0.25, 0.3) is 5.91 Å². The molecule has 0 unspecified atom stereocenters. The van der Waals surface area contributed by atoms with Gasteiger partial charge in [0.2, 0.25) is 0 Å². The minimum atomic E-state index is -0.154. The van der Waals surface area contributed by atoms with E-state index in [-0.39, 0.29) is 5.91 Å². The van der Waals surface area contributed by atoms with Gasteiger partial charge in [-0.05, 0) is 6.07 Å². The van der Waals surface area contributed by atoms with E-state index in [0.717, 1.165) is 16.3 Å². The highest BCUT2D eigenvalue weighted by molar-refractivity contribution is 7.09. The van der Waals surface area contributed by atoms with Crippen molar-refractivity contribution in [2.24, 2.45) is 0 Å². The van der Waals surface area contributed by atoms with E-state index >= 15 is 0 Å². The van der Waals surface area contributed by atoms with Crippen LogP contribution in [0.25, 0.3) is 0 Å². The summed E-state index contributed by atoms with van der Waals surface area (Å²) < 4.78 is 5.25. The fraction of sp³-hybridized carbons (Fsp3) is 0.333. The molecular weight excluding hydrogens is 272 g/mol. The van der Waals surface area contributed by atoms with Crippen LogP contribution in [0.2, 0.25) is 0 Å². The van der Waals surface area contributed by atoms with E-state index in [1.165, 1.54) is 11.3 Å².